The summed E-state index contributed by atoms with van der Waals surface area (Å²) < 4.78 is 11.2. The molecule has 0 spiro atoms. The first-order valence-electron chi connectivity index (χ1n) is 10.4. The van der Waals surface area contributed by atoms with Gasteiger partial charge in [-0.25, -0.2) is 4.99 Å². The molecule has 7 nitrogen and oxygen atoms in total. The Balaban J connectivity index is 0.00000480. The molecule has 8 heteroatoms. The third kappa shape index (κ3) is 7.93. The number of nitrogens with one attached hydrogen (secondary N) is 1. The molecule has 0 saturated heterocycles. The highest BCUT2D eigenvalue weighted by Crippen LogP contribution is 2.29. The summed E-state index contributed by atoms with van der Waals surface area (Å²) >= 11 is 0. The number of hydrogen-bond acceptors (Lipinski definition) is 4. The predicted molar refractivity (Wildman–Crippen MR) is 137 cm³/mol. The molecule has 0 radical (unpaired) electrons. The summed E-state index contributed by atoms with van der Waals surface area (Å²) in [5.41, 5.74) is 8.41. The van der Waals surface area contributed by atoms with E-state index >= 15 is 0 Å². The molecule has 31 heavy (non-hydrogen) atoms. The van der Waals surface area contributed by atoms with Crippen LogP contribution in [0.5, 0.6) is 11.5 Å². The van der Waals surface area contributed by atoms with Gasteiger partial charge in [0.15, 0.2) is 5.96 Å². The lowest BCUT2D eigenvalue weighted by molar-refractivity contribution is 0.0773. The zero-order chi connectivity index (χ0) is 21.9. The maximum atomic E-state index is 12.4. The molecule has 0 aliphatic heterocycles. The SMILES string of the molecule is CCOc1ccc(OCC)c(NC(N)=NCc2ccc(C(=O)N(CC)CC)cc2)c1.I. The Labute approximate surface area is 202 Å². The second-order valence-corrected chi connectivity index (χ2v) is 6.52. The fraction of sp³-hybridized carbons (Fsp3) is 0.391. The van der Waals surface area contributed by atoms with Gasteiger partial charge in [0, 0.05) is 24.7 Å². The summed E-state index contributed by atoms with van der Waals surface area (Å²) in [6.45, 7) is 10.7. The first kappa shape index (κ1) is 26.5. The van der Waals surface area contributed by atoms with Gasteiger partial charge in [0.05, 0.1) is 25.4 Å². The molecule has 0 saturated carbocycles. The maximum absolute atomic E-state index is 12.4. The van der Waals surface area contributed by atoms with Crippen LogP contribution in [0.25, 0.3) is 0 Å². The van der Waals surface area contributed by atoms with Gasteiger partial charge < -0.3 is 25.4 Å². The van der Waals surface area contributed by atoms with E-state index in [0.717, 1.165) is 11.3 Å². The number of ether oxygens (including phenoxy) is 2. The number of guanidine groups is 1. The van der Waals surface area contributed by atoms with E-state index in [-0.39, 0.29) is 35.8 Å². The molecule has 0 atom stereocenters. The number of amides is 1. The molecule has 2 rings (SSSR count). The van der Waals surface area contributed by atoms with Crippen LogP contribution in [0.15, 0.2) is 47.5 Å². The van der Waals surface area contributed by atoms with E-state index in [1.807, 2.05) is 70.2 Å². The van der Waals surface area contributed by atoms with Crippen molar-refractivity contribution < 1.29 is 14.3 Å². The molecule has 0 aliphatic rings. The summed E-state index contributed by atoms with van der Waals surface area (Å²) in [4.78, 5) is 18.6. The highest BCUT2D eigenvalue weighted by molar-refractivity contribution is 14.0. The quantitative estimate of drug-likeness (QED) is 0.263. The normalized spacial score (nSPS) is 10.8. The van der Waals surface area contributed by atoms with E-state index in [0.29, 0.717) is 49.8 Å². The number of halogens is 1. The van der Waals surface area contributed by atoms with Crippen molar-refractivity contribution in [1.82, 2.24) is 4.90 Å². The number of nitrogens with two attached hydrogens (primary N) is 1. The Kier molecular flexibility index (Phi) is 11.8. The summed E-state index contributed by atoms with van der Waals surface area (Å²) in [5.74, 6) is 1.71. The average molecular weight is 540 g/mol. The van der Waals surface area contributed by atoms with E-state index in [9.17, 15) is 4.79 Å². The van der Waals surface area contributed by atoms with Gasteiger partial charge in [-0.15, -0.1) is 24.0 Å². The Bertz CT molecular complexity index is 852. The Morgan fingerprint density at radius 2 is 1.65 bits per heavy atom. The Morgan fingerprint density at radius 1 is 1.00 bits per heavy atom. The summed E-state index contributed by atoms with van der Waals surface area (Å²) in [7, 11) is 0. The predicted octanol–water partition coefficient (Wildman–Crippen LogP) is 4.51. The van der Waals surface area contributed by atoms with Crippen molar-refractivity contribution in [3.63, 3.8) is 0 Å². The van der Waals surface area contributed by atoms with Crippen molar-refractivity contribution in [3.05, 3.63) is 53.6 Å². The largest absolute Gasteiger partial charge is 0.494 e. The number of aliphatic imine (C=N–C) groups is 1. The van der Waals surface area contributed by atoms with Crippen LogP contribution in [0.2, 0.25) is 0 Å². The van der Waals surface area contributed by atoms with E-state index in [1.54, 1.807) is 4.90 Å². The van der Waals surface area contributed by atoms with Crippen LogP contribution in [0.1, 0.15) is 43.6 Å². The van der Waals surface area contributed by atoms with Crippen LogP contribution >= 0.6 is 24.0 Å². The van der Waals surface area contributed by atoms with Gasteiger partial charge in [-0.05, 0) is 57.5 Å². The van der Waals surface area contributed by atoms with Crippen LogP contribution in [0.4, 0.5) is 5.69 Å². The fourth-order valence-electron chi connectivity index (χ4n) is 2.94. The molecule has 0 aliphatic carbocycles. The topological polar surface area (TPSA) is 89.2 Å². The van der Waals surface area contributed by atoms with Crippen molar-refractivity contribution in [1.29, 1.82) is 0 Å². The second kappa shape index (κ2) is 13.7. The summed E-state index contributed by atoms with van der Waals surface area (Å²) in [6.07, 6.45) is 0. The summed E-state index contributed by atoms with van der Waals surface area (Å²) in [6, 6.07) is 13.0. The number of nitrogens with zero attached hydrogens (tertiary/aromatic N) is 2. The van der Waals surface area contributed by atoms with Crippen LogP contribution in [0.3, 0.4) is 0 Å². The van der Waals surface area contributed by atoms with Gasteiger partial charge in [0.25, 0.3) is 5.91 Å². The fourth-order valence-corrected chi connectivity index (χ4v) is 2.94. The molecule has 0 aromatic heterocycles. The lowest BCUT2D eigenvalue weighted by atomic mass is 10.1. The first-order valence-corrected chi connectivity index (χ1v) is 10.4. The number of carbonyl (C=O) groups is 1. The third-order valence-corrected chi connectivity index (χ3v) is 4.51. The van der Waals surface area contributed by atoms with Crippen molar-refractivity contribution in [2.75, 3.05) is 31.6 Å². The third-order valence-electron chi connectivity index (χ3n) is 4.51. The monoisotopic (exact) mass is 540 g/mol. The van der Waals surface area contributed by atoms with Gasteiger partial charge in [-0.3, -0.25) is 4.79 Å². The highest BCUT2D eigenvalue weighted by atomic mass is 127. The molecule has 0 heterocycles. The molecular weight excluding hydrogens is 507 g/mol. The molecule has 3 N–H and O–H groups in total. The number of rotatable bonds is 10. The molecule has 0 fully saturated rings. The molecule has 0 unspecified atom stereocenters. The second-order valence-electron chi connectivity index (χ2n) is 6.52. The summed E-state index contributed by atoms with van der Waals surface area (Å²) in [5, 5.41) is 3.09. The lowest BCUT2D eigenvalue weighted by Crippen LogP contribution is -2.30. The van der Waals surface area contributed by atoms with E-state index in [1.165, 1.54) is 0 Å². The highest BCUT2D eigenvalue weighted by Gasteiger charge is 2.12. The number of carbonyl (C=O) groups excluding carboxylic acids is 1. The van der Waals surface area contributed by atoms with Crippen molar-refractivity contribution in [2.45, 2.75) is 34.2 Å². The molecule has 2 aromatic carbocycles. The van der Waals surface area contributed by atoms with Crippen LogP contribution in [-0.4, -0.2) is 43.1 Å². The van der Waals surface area contributed by atoms with E-state index in [4.69, 9.17) is 15.2 Å². The number of anilines is 1. The average Bonchev–Trinajstić information content (AvgIpc) is 2.75. The van der Waals surface area contributed by atoms with Gasteiger partial charge in [-0.1, -0.05) is 12.1 Å². The van der Waals surface area contributed by atoms with Gasteiger partial charge >= 0.3 is 0 Å². The smallest absolute Gasteiger partial charge is 0.253 e. The minimum Gasteiger partial charge on any atom is -0.494 e. The van der Waals surface area contributed by atoms with E-state index < -0.39 is 0 Å². The van der Waals surface area contributed by atoms with Crippen molar-refractivity contribution in [2.24, 2.45) is 10.7 Å². The zero-order valence-electron chi connectivity index (χ0n) is 18.7. The van der Waals surface area contributed by atoms with Crippen molar-refractivity contribution >= 4 is 41.5 Å². The van der Waals surface area contributed by atoms with E-state index in [2.05, 4.69) is 10.3 Å². The van der Waals surface area contributed by atoms with Gasteiger partial charge in [-0.2, -0.15) is 0 Å². The lowest BCUT2D eigenvalue weighted by Gasteiger charge is -2.18. The van der Waals surface area contributed by atoms with Crippen LogP contribution in [0, 0.1) is 0 Å². The minimum atomic E-state index is 0. The number of hydrogen-bond donors (Lipinski definition) is 2. The molecular formula is C23H33IN4O3. The van der Waals surface area contributed by atoms with Crippen molar-refractivity contribution in [3.8, 4) is 11.5 Å². The van der Waals surface area contributed by atoms with Crippen LogP contribution in [-0.2, 0) is 6.54 Å². The number of benzene rings is 2. The molecule has 1 amide bonds. The van der Waals surface area contributed by atoms with Gasteiger partial charge in [0.1, 0.15) is 11.5 Å². The molecule has 170 valence electrons. The first-order chi connectivity index (χ1) is 14.5. The van der Waals surface area contributed by atoms with Crippen LogP contribution < -0.4 is 20.5 Å². The standard InChI is InChI=1S/C23H32N4O3.HI/c1-5-27(6-2)22(28)18-11-9-17(10-12-18)16-25-23(24)26-20-15-19(29-7-3)13-14-21(20)30-8-4;/h9-15H,5-8,16H2,1-4H3,(H3,24,25,26);1H. The Hall–Kier alpha value is -2.49. The molecule has 0 bridgehead atoms. The maximum Gasteiger partial charge on any atom is 0.253 e. The van der Waals surface area contributed by atoms with Gasteiger partial charge in [0.2, 0.25) is 0 Å². The zero-order valence-corrected chi connectivity index (χ0v) is 21.0. The molecule has 2 aromatic rings. The minimum absolute atomic E-state index is 0. The Morgan fingerprint density at radius 3 is 2.23 bits per heavy atom.